The standard InChI is InChI=1S/C13H10ClNO2/c14-8-3-4-11-9(5-8)10(13(16)17)6-12(15-11)7-1-2-7/h3-7H,1-2H2,(H,16,17). The van der Waals surface area contributed by atoms with Crippen LogP contribution in [0.15, 0.2) is 24.3 Å². The Morgan fingerprint density at radius 3 is 2.76 bits per heavy atom. The van der Waals surface area contributed by atoms with Gasteiger partial charge in [0.05, 0.1) is 11.1 Å². The van der Waals surface area contributed by atoms with E-state index in [2.05, 4.69) is 4.98 Å². The summed E-state index contributed by atoms with van der Waals surface area (Å²) in [6, 6.07) is 6.85. The molecule has 1 N–H and O–H groups in total. The number of aromatic nitrogens is 1. The van der Waals surface area contributed by atoms with Gasteiger partial charge in [-0.1, -0.05) is 11.6 Å². The first-order valence-corrected chi connectivity index (χ1v) is 5.86. The van der Waals surface area contributed by atoms with Crippen LogP contribution < -0.4 is 0 Å². The van der Waals surface area contributed by atoms with E-state index in [0.29, 0.717) is 27.4 Å². The van der Waals surface area contributed by atoms with Crippen LogP contribution in [0.1, 0.15) is 34.8 Å². The Balaban J connectivity index is 2.31. The molecular weight excluding hydrogens is 238 g/mol. The number of aromatic carboxylic acids is 1. The van der Waals surface area contributed by atoms with E-state index in [0.717, 1.165) is 18.5 Å². The molecule has 1 aromatic heterocycles. The molecule has 0 bridgehead atoms. The van der Waals surface area contributed by atoms with Crippen LogP contribution in [0, 0.1) is 0 Å². The molecule has 1 saturated carbocycles. The van der Waals surface area contributed by atoms with Gasteiger partial charge in [0.15, 0.2) is 0 Å². The number of rotatable bonds is 2. The Kier molecular flexibility index (Phi) is 2.30. The molecule has 0 amide bonds. The van der Waals surface area contributed by atoms with Gasteiger partial charge in [-0.2, -0.15) is 0 Å². The number of carboxylic acid groups (broad SMARTS) is 1. The number of hydrogen-bond acceptors (Lipinski definition) is 2. The van der Waals surface area contributed by atoms with Crippen LogP contribution in [-0.4, -0.2) is 16.1 Å². The normalized spacial score (nSPS) is 15.1. The van der Waals surface area contributed by atoms with E-state index < -0.39 is 5.97 Å². The minimum absolute atomic E-state index is 0.291. The SMILES string of the molecule is O=C(O)c1cc(C2CC2)nc2ccc(Cl)cc12. The predicted octanol–water partition coefficient (Wildman–Crippen LogP) is 3.46. The molecule has 3 rings (SSSR count). The highest BCUT2D eigenvalue weighted by Crippen LogP contribution is 2.40. The van der Waals surface area contributed by atoms with E-state index in [4.69, 9.17) is 11.6 Å². The van der Waals surface area contributed by atoms with E-state index in [1.807, 2.05) is 0 Å². The zero-order valence-corrected chi connectivity index (χ0v) is 9.74. The van der Waals surface area contributed by atoms with Gasteiger partial charge in [-0.15, -0.1) is 0 Å². The molecule has 1 fully saturated rings. The van der Waals surface area contributed by atoms with Crippen molar-refractivity contribution in [2.45, 2.75) is 18.8 Å². The Labute approximate surface area is 103 Å². The molecule has 17 heavy (non-hydrogen) atoms. The number of halogens is 1. The Morgan fingerprint density at radius 2 is 2.12 bits per heavy atom. The highest BCUT2D eigenvalue weighted by atomic mass is 35.5. The fourth-order valence-electron chi connectivity index (χ4n) is 1.98. The average molecular weight is 248 g/mol. The third kappa shape index (κ3) is 1.87. The molecule has 0 atom stereocenters. The number of pyridine rings is 1. The molecule has 0 aliphatic heterocycles. The van der Waals surface area contributed by atoms with Crippen molar-refractivity contribution in [2.24, 2.45) is 0 Å². The van der Waals surface area contributed by atoms with Crippen LogP contribution in [-0.2, 0) is 0 Å². The molecule has 0 radical (unpaired) electrons. The summed E-state index contributed by atoms with van der Waals surface area (Å²) in [7, 11) is 0. The van der Waals surface area contributed by atoms with E-state index in [9.17, 15) is 9.90 Å². The fraction of sp³-hybridized carbons (Fsp3) is 0.231. The van der Waals surface area contributed by atoms with Crippen molar-refractivity contribution >= 4 is 28.5 Å². The average Bonchev–Trinajstić information content (AvgIpc) is 3.11. The van der Waals surface area contributed by atoms with Gasteiger partial charge in [0.2, 0.25) is 0 Å². The van der Waals surface area contributed by atoms with Crippen LogP contribution >= 0.6 is 11.6 Å². The van der Waals surface area contributed by atoms with Gasteiger partial charge in [0.1, 0.15) is 0 Å². The van der Waals surface area contributed by atoms with E-state index in [1.165, 1.54) is 0 Å². The van der Waals surface area contributed by atoms with Crippen molar-refractivity contribution in [2.75, 3.05) is 0 Å². The second kappa shape index (κ2) is 3.70. The van der Waals surface area contributed by atoms with Gasteiger partial charge in [-0.25, -0.2) is 4.79 Å². The molecular formula is C13H10ClNO2. The quantitative estimate of drug-likeness (QED) is 0.884. The van der Waals surface area contributed by atoms with Gasteiger partial charge in [0, 0.05) is 22.0 Å². The summed E-state index contributed by atoms with van der Waals surface area (Å²) in [6.07, 6.45) is 2.20. The summed E-state index contributed by atoms with van der Waals surface area (Å²) in [5, 5.41) is 10.4. The van der Waals surface area contributed by atoms with Gasteiger partial charge in [-0.3, -0.25) is 4.98 Å². The summed E-state index contributed by atoms with van der Waals surface area (Å²) in [4.78, 5) is 15.7. The second-order valence-corrected chi connectivity index (χ2v) is 4.77. The van der Waals surface area contributed by atoms with E-state index in [1.54, 1.807) is 24.3 Å². The number of carboxylic acids is 1. The van der Waals surface area contributed by atoms with Crippen molar-refractivity contribution in [3.05, 3.63) is 40.5 Å². The van der Waals surface area contributed by atoms with Crippen LogP contribution in [0.25, 0.3) is 10.9 Å². The number of carbonyl (C=O) groups is 1. The van der Waals surface area contributed by atoms with Crippen LogP contribution in [0.2, 0.25) is 5.02 Å². The van der Waals surface area contributed by atoms with Crippen LogP contribution in [0.3, 0.4) is 0 Å². The van der Waals surface area contributed by atoms with Crippen molar-refractivity contribution < 1.29 is 9.90 Å². The molecule has 2 aromatic rings. The van der Waals surface area contributed by atoms with E-state index >= 15 is 0 Å². The minimum atomic E-state index is -0.929. The maximum atomic E-state index is 11.3. The van der Waals surface area contributed by atoms with Crippen molar-refractivity contribution in [1.82, 2.24) is 4.98 Å². The van der Waals surface area contributed by atoms with Crippen molar-refractivity contribution in [1.29, 1.82) is 0 Å². The molecule has 0 saturated heterocycles. The third-order valence-electron chi connectivity index (χ3n) is 3.02. The Morgan fingerprint density at radius 1 is 1.35 bits per heavy atom. The topological polar surface area (TPSA) is 50.2 Å². The molecule has 0 unspecified atom stereocenters. The predicted molar refractivity (Wildman–Crippen MR) is 65.7 cm³/mol. The first-order chi connectivity index (χ1) is 8.15. The third-order valence-corrected chi connectivity index (χ3v) is 3.25. The summed E-state index contributed by atoms with van der Waals surface area (Å²) in [5.74, 6) is -0.491. The molecule has 3 nitrogen and oxygen atoms in total. The highest BCUT2D eigenvalue weighted by Gasteiger charge is 2.26. The van der Waals surface area contributed by atoms with Crippen LogP contribution in [0.5, 0.6) is 0 Å². The van der Waals surface area contributed by atoms with Crippen molar-refractivity contribution in [3.8, 4) is 0 Å². The highest BCUT2D eigenvalue weighted by molar-refractivity contribution is 6.31. The summed E-state index contributed by atoms with van der Waals surface area (Å²) < 4.78 is 0. The van der Waals surface area contributed by atoms with Gasteiger partial charge >= 0.3 is 5.97 Å². The number of hydrogen-bond donors (Lipinski definition) is 1. The minimum Gasteiger partial charge on any atom is -0.478 e. The van der Waals surface area contributed by atoms with Crippen LogP contribution in [0.4, 0.5) is 0 Å². The van der Waals surface area contributed by atoms with Gasteiger partial charge in [0.25, 0.3) is 0 Å². The van der Waals surface area contributed by atoms with E-state index in [-0.39, 0.29) is 0 Å². The number of benzene rings is 1. The smallest absolute Gasteiger partial charge is 0.336 e. The maximum Gasteiger partial charge on any atom is 0.336 e. The molecule has 86 valence electrons. The molecule has 1 heterocycles. The summed E-state index contributed by atoms with van der Waals surface area (Å²) >= 11 is 5.89. The molecule has 1 aliphatic rings. The van der Waals surface area contributed by atoms with Gasteiger partial charge < -0.3 is 5.11 Å². The summed E-state index contributed by atoms with van der Waals surface area (Å²) in [5.41, 5.74) is 1.88. The second-order valence-electron chi connectivity index (χ2n) is 4.34. The maximum absolute atomic E-state index is 11.3. The zero-order chi connectivity index (χ0) is 12.0. The lowest BCUT2D eigenvalue weighted by molar-refractivity contribution is 0.0699. The molecule has 4 heteroatoms. The molecule has 0 spiro atoms. The largest absolute Gasteiger partial charge is 0.478 e. The first kappa shape index (κ1) is 10.5. The zero-order valence-electron chi connectivity index (χ0n) is 8.98. The first-order valence-electron chi connectivity index (χ1n) is 5.48. The lowest BCUT2D eigenvalue weighted by atomic mass is 10.1. The monoisotopic (exact) mass is 247 g/mol. The lowest BCUT2D eigenvalue weighted by Crippen LogP contribution is -2.01. The Bertz CT molecular complexity index is 620. The van der Waals surface area contributed by atoms with Crippen molar-refractivity contribution in [3.63, 3.8) is 0 Å². The fourth-order valence-corrected chi connectivity index (χ4v) is 2.16. The molecule has 1 aromatic carbocycles. The lowest BCUT2D eigenvalue weighted by Gasteiger charge is -2.06. The molecule has 1 aliphatic carbocycles. The Hall–Kier alpha value is -1.61. The van der Waals surface area contributed by atoms with Gasteiger partial charge in [-0.05, 0) is 37.1 Å². The summed E-state index contributed by atoms with van der Waals surface area (Å²) in [6.45, 7) is 0. The number of nitrogens with zero attached hydrogens (tertiary/aromatic N) is 1. The number of fused-ring (bicyclic) bond motifs is 1.